The number of aromatic amines is 1. The number of aromatic nitrogens is 1. The van der Waals surface area contributed by atoms with E-state index in [9.17, 15) is 14.6 Å². The first-order chi connectivity index (χ1) is 11.7. The van der Waals surface area contributed by atoms with Gasteiger partial charge in [-0.3, -0.25) is 0 Å². The van der Waals surface area contributed by atoms with Crippen LogP contribution in [0.2, 0.25) is 0 Å². The molecule has 4 rings (SSSR count). The Morgan fingerprint density at radius 1 is 1.17 bits per heavy atom. The summed E-state index contributed by atoms with van der Waals surface area (Å²) in [7, 11) is 0. The van der Waals surface area contributed by atoms with Gasteiger partial charge in [-0.2, -0.15) is 0 Å². The van der Waals surface area contributed by atoms with Crippen LogP contribution in [-0.4, -0.2) is 39.3 Å². The molecule has 0 saturated heterocycles. The van der Waals surface area contributed by atoms with Crippen molar-refractivity contribution in [2.75, 3.05) is 19.8 Å². The molecule has 0 bridgehead atoms. The van der Waals surface area contributed by atoms with Gasteiger partial charge in [0.05, 0.1) is 19.3 Å². The molecule has 2 aromatic carbocycles. The highest BCUT2D eigenvalue weighted by molar-refractivity contribution is 7.97. The maximum Gasteiger partial charge on any atom is 0.125 e. The number of fused-ring (bicyclic) bond motifs is 2. The van der Waals surface area contributed by atoms with Crippen molar-refractivity contribution >= 4 is 22.9 Å². The molecule has 0 spiro atoms. The van der Waals surface area contributed by atoms with E-state index in [1.807, 2.05) is 22.6 Å². The zero-order valence-electron chi connectivity index (χ0n) is 12.9. The molecule has 3 aromatic rings. The van der Waals surface area contributed by atoms with Crippen LogP contribution in [0.15, 0.2) is 47.5 Å². The summed E-state index contributed by atoms with van der Waals surface area (Å²) in [5, 5.41) is 19.9. The Labute approximate surface area is 143 Å². The monoisotopic (exact) mass is 344 g/mol. The first kappa shape index (κ1) is 15.7. The lowest BCUT2D eigenvalue weighted by molar-refractivity contribution is 0.178. The van der Waals surface area contributed by atoms with Gasteiger partial charge in [0.1, 0.15) is 5.82 Å². The lowest BCUT2D eigenvalue weighted by Gasteiger charge is -2.20. The summed E-state index contributed by atoms with van der Waals surface area (Å²) in [5.74, 6) is -0.263. The fourth-order valence-corrected chi connectivity index (χ4v) is 4.39. The Morgan fingerprint density at radius 3 is 2.83 bits per heavy atom. The predicted octanol–water partition coefficient (Wildman–Crippen LogP) is 3.32. The highest BCUT2D eigenvalue weighted by Gasteiger charge is 2.30. The first-order valence-corrected chi connectivity index (χ1v) is 8.56. The van der Waals surface area contributed by atoms with E-state index in [1.165, 1.54) is 12.1 Å². The van der Waals surface area contributed by atoms with Crippen molar-refractivity contribution in [3.8, 4) is 11.1 Å². The van der Waals surface area contributed by atoms with E-state index in [-0.39, 0.29) is 25.1 Å². The summed E-state index contributed by atoms with van der Waals surface area (Å²) in [6.45, 7) is 0.563. The lowest BCUT2D eigenvalue weighted by Crippen LogP contribution is -2.23. The maximum absolute atomic E-state index is 13.4. The van der Waals surface area contributed by atoms with Crippen LogP contribution >= 0.6 is 11.9 Å². The van der Waals surface area contributed by atoms with Crippen molar-refractivity contribution in [3.05, 3.63) is 54.0 Å². The van der Waals surface area contributed by atoms with Crippen molar-refractivity contribution in [1.82, 2.24) is 9.29 Å². The van der Waals surface area contributed by atoms with Gasteiger partial charge in [0, 0.05) is 34.1 Å². The summed E-state index contributed by atoms with van der Waals surface area (Å²) in [4.78, 5) is 4.21. The van der Waals surface area contributed by atoms with Crippen molar-refractivity contribution in [1.29, 1.82) is 0 Å². The van der Waals surface area contributed by atoms with Gasteiger partial charge >= 0.3 is 0 Å². The lowest BCUT2D eigenvalue weighted by atomic mass is 9.99. The van der Waals surface area contributed by atoms with Crippen molar-refractivity contribution in [2.24, 2.45) is 0 Å². The number of halogens is 1. The molecule has 2 heterocycles. The van der Waals surface area contributed by atoms with Gasteiger partial charge in [0.25, 0.3) is 0 Å². The Bertz CT molecular complexity index is 896. The van der Waals surface area contributed by atoms with E-state index < -0.39 is 0 Å². The number of aliphatic hydroxyl groups excluding tert-OH is 2. The number of aliphatic hydroxyl groups is 2. The van der Waals surface area contributed by atoms with Crippen molar-refractivity contribution in [3.63, 3.8) is 0 Å². The number of hydrogen-bond acceptors (Lipinski definition) is 4. The quantitative estimate of drug-likeness (QED) is 0.636. The average molecular weight is 344 g/mol. The van der Waals surface area contributed by atoms with Crippen LogP contribution in [-0.2, 0) is 0 Å². The van der Waals surface area contributed by atoms with E-state index in [1.54, 1.807) is 18.0 Å². The second kappa shape index (κ2) is 6.22. The van der Waals surface area contributed by atoms with Crippen LogP contribution in [0, 0.1) is 5.82 Å². The summed E-state index contributed by atoms with van der Waals surface area (Å²) in [6.07, 6.45) is 1.88. The molecule has 6 heteroatoms. The van der Waals surface area contributed by atoms with Crippen LogP contribution in [0.4, 0.5) is 4.39 Å². The van der Waals surface area contributed by atoms with Crippen LogP contribution in [0.25, 0.3) is 22.0 Å². The summed E-state index contributed by atoms with van der Waals surface area (Å²) < 4.78 is 15.4. The number of benzene rings is 2. The molecule has 0 fully saturated rings. The van der Waals surface area contributed by atoms with Gasteiger partial charge in [-0.15, -0.1) is 0 Å². The molecule has 0 amide bonds. The minimum Gasteiger partial charge on any atom is -0.395 e. The SMILES string of the molecule is OCCN1Sc2ccc(-c3c[nH]c4cc(F)ccc34)cc2C1CO. The second-order valence-corrected chi connectivity index (χ2v) is 6.89. The molecule has 3 N–H and O–H groups in total. The zero-order chi connectivity index (χ0) is 16.7. The van der Waals surface area contributed by atoms with Crippen molar-refractivity contribution < 1.29 is 14.6 Å². The average Bonchev–Trinajstić information content (AvgIpc) is 3.14. The van der Waals surface area contributed by atoms with Gasteiger partial charge in [-0.05, 0) is 53.4 Å². The number of nitrogens with one attached hydrogen (secondary N) is 1. The fraction of sp³-hybridized carbons (Fsp3) is 0.222. The van der Waals surface area contributed by atoms with E-state index >= 15 is 0 Å². The maximum atomic E-state index is 13.4. The van der Waals surface area contributed by atoms with E-state index in [0.717, 1.165) is 32.5 Å². The highest BCUT2D eigenvalue weighted by Crippen LogP contribution is 2.45. The third-order valence-corrected chi connectivity index (χ3v) is 5.62. The molecular weight excluding hydrogens is 327 g/mol. The molecule has 1 aromatic heterocycles. The van der Waals surface area contributed by atoms with Crippen molar-refractivity contribution in [2.45, 2.75) is 10.9 Å². The van der Waals surface area contributed by atoms with E-state index in [0.29, 0.717) is 6.54 Å². The number of rotatable bonds is 4. The van der Waals surface area contributed by atoms with Crippen LogP contribution < -0.4 is 0 Å². The number of β-amino-alcohol motifs (C(OH)–C–C–N with tert-alkyl or cyclic N) is 1. The predicted molar refractivity (Wildman–Crippen MR) is 93.2 cm³/mol. The van der Waals surface area contributed by atoms with Crippen LogP contribution in [0.1, 0.15) is 11.6 Å². The fourth-order valence-electron chi connectivity index (χ4n) is 3.23. The molecule has 0 aliphatic carbocycles. The zero-order valence-corrected chi connectivity index (χ0v) is 13.7. The Kier molecular flexibility index (Phi) is 4.05. The standard InChI is InChI=1S/C18H17FN2O2S/c19-12-2-3-13-15(9-20-16(13)8-12)11-1-4-18-14(7-11)17(10-23)21(24-18)5-6-22/h1-4,7-9,17,20,22-23H,5-6,10H2. The second-order valence-electron chi connectivity index (χ2n) is 5.80. The molecular formula is C18H17FN2O2S. The Morgan fingerprint density at radius 2 is 2.04 bits per heavy atom. The molecule has 124 valence electrons. The Hall–Kier alpha value is -1.86. The van der Waals surface area contributed by atoms with E-state index in [4.69, 9.17) is 0 Å². The molecule has 0 saturated carbocycles. The Balaban J connectivity index is 1.77. The number of nitrogens with zero attached hydrogens (tertiary/aromatic N) is 1. The normalized spacial score (nSPS) is 17.5. The first-order valence-electron chi connectivity index (χ1n) is 7.78. The number of hydrogen-bond donors (Lipinski definition) is 3. The molecule has 1 unspecified atom stereocenters. The highest BCUT2D eigenvalue weighted by atomic mass is 32.2. The van der Waals surface area contributed by atoms with Gasteiger partial charge in [0.15, 0.2) is 0 Å². The van der Waals surface area contributed by atoms with Crippen LogP contribution in [0.5, 0.6) is 0 Å². The summed E-state index contributed by atoms with van der Waals surface area (Å²) in [5.41, 5.74) is 3.86. The minimum absolute atomic E-state index is 0.00253. The third kappa shape index (κ3) is 2.52. The minimum atomic E-state index is -0.263. The third-order valence-electron chi connectivity index (χ3n) is 4.38. The van der Waals surface area contributed by atoms with Crippen LogP contribution in [0.3, 0.4) is 0 Å². The van der Waals surface area contributed by atoms with Gasteiger partial charge in [0.2, 0.25) is 0 Å². The largest absolute Gasteiger partial charge is 0.395 e. The molecule has 1 aliphatic rings. The molecule has 24 heavy (non-hydrogen) atoms. The topological polar surface area (TPSA) is 59.5 Å². The molecule has 4 nitrogen and oxygen atoms in total. The summed E-state index contributed by atoms with van der Waals surface area (Å²) in [6, 6.07) is 10.8. The van der Waals surface area contributed by atoms with Gasteiger partial charge < -0.3 is 15.2 Å². The number of H-pyrrole nitrogens is 1. The van der Waals surface area contributed by atoms with Gasteiger partial charge in [-0.1, -0.05) is 6.07 Å². The smallest absolute Gasteiger partial charge is 0.125 e. The molecule has 1 atom stereocenters. The van der Waals surface area contributed by atoms with E-state index in [2.05, 4.69) is 11.1 Å². The molecule has 1 aliphatic heterocycles. The van der Waals surface area contributed by atoms with Gasteiger partial charge in [-0.25, -0.2) is 8.70 Å². The summed E-state index contributed by atoms with van der Waals surface area (Å²) >= 11 is 1.56. The molecule has 0 radical (unpaired) electrons.